The van der Waals surface area contributed by atoms with Crippen molar-refractivity contribution in [1.29, 1.82) is 0 Å². The van der Waals surface area contributed by atoms with Gasteiger partial charge in [0.05, 0.1) is 4.90 Å². The first-order valence-electron chi connectivity index (χ1n) is 9.89. The molecular weight excluding hydrogens is 400 g/mol. The topological polar surface area (TPSA) is 103 Å². The third-order valence-electron chi connectivity index (χ3n) is 5.20. The third-order valence-corrected chi connectivity index (χ3v) is 6.60. The van der Waals surface area contributed by atoms with Gasteiger partial charge >= 0.3 is 0 Å². The summed E-state index contributed by atoms with van der Waals surface area (Å²) in [5, 5.41) is 4.09. The molecule has 0 spiro atoms. The van der Waals surface area contributed by atoms with Gasteiger partial charge in [-0.25, -0.2) is 8.42 Å². The zero-order chi connectivity index (χ0) is 21.3. The molecule has 1 unspecified atom stereocenters. The minimum atomic E-state index is -3.64. The predicted molar refractivity (Wildman–Crippen MR) is 117 cm³/mol. The van der Waals surface area contributed by atoms with Crippen molar-refractivity contribution >= 4 is 32.7 Å². The third kappa shape index (κ3) is 3.82. The molecule has 2 heterocycles. The molecule has 2 aromatic carbocycles. The van der Waals surface area contributed by atoms with Crippen LogP contribution >= 0.6 is 0 Å². The van der Waals surface area contributed by atoms with Crippen molar-refractivity contribution in [1.82, 2.24) is 15.0 Å². The van der Waals surface area contributed by atoms with Gasteiger partial charge in [0.15, 0.2) is 0 Å². The van der Waals surface area contributed by atoms with Crippen LogP contribution in [-0.2, 0) is 21.2 Å². The highest BCUT2D eigenvalue weighted by Gasteiger charge is 2.32. The van der Waals surface area contributed by atoms with Gasteiger partial charge in [0.2, 0.25) is 5.91 Å². The van der Waals surface area contributed by atoms with E-state index >= 15 is 0 Å². The maximum absolute atomic E-state index is 12.8. The number of aromatic nitrogens is 1. The van der Waals surface area contributed by atoms with Crippen molar-refractivity contribution in [3.05, 3.63) is 65.9 Å². The van der Waals surface area contributed by atoms with E-state index in [4.69, 9.17) is 0 Å². The molecule has 0 aliphatic carbocycles. The summed E-state index contributed by atoms with van der Waals surface area (Å²) < 4.78 is 27.1. The first-order valence-corrected chi connectivity index (χ1v) is 11.4. The maximum atomic E-state index is 12.8. The minimum absolute atomic E-state index is 0.0946. The van der Waals surface area contributed by atoms with Crippen LogP contribution in [0.3, 0.4) is 0 Å². The summed E-state index contributed by atoms with van der Waals surface area (Å²) in [5.74, 6) is -0.0974. The highest BCUT2D eigenvalue weighted by molar-refractivity contribution is 7.90. The number of H-pyrrole nitrogens is 1. The first kappa shape index (κ1) is 20.2. The lowest BCUT2D eigenvalue weighted by Crippen LogP contribution is -2.39. The molecule has 1 atom stereocenters. The van der Waals surface area contributed by atoms with Crippen LogP contribution < -0.4 is 10.0 Å². The number of benzene rings is 2. The number of rotatable bonds is 6. The Hall–Kier alpha value is -3.13. The SMILES string of the molecule is CC(C)C(N=C1NS(=O)(=O)c2ccccc21)C(=O)NCCc1c[nH]c2ccccc12. The Balaban J connectivity index is 1.48. The van der Waals surface area contributed by atoms with E-state index in [-0.39, 0.29) is 22.6 Å². The van der Waals surface area contributed by atoms with E-state index < -0.39 is 16.1 Å². The van der Waals surface area contributed by atoms with Crippen LogP contribution in [0.5, 0.6) is 0 Å². The van der Waals surface area contributed by atoms with E-state index in [0.717, 1.165) is 16.5 Å². The standard InChI is InChI=1S/C22H24N4O3S/c1-14(2)20(25-21-17-8-4-6-10-19(17)30(28,29)26-21)22(27)23-12-11-15-13-24-18-9-5-3-7-16(15)18/h3-10,13-14,20,24H,11-12H2,1-2H3,(H,23,27)(H,25,26). The van der Waals surface area contributed by atoms with E-state index in [1.807, 2.05) is 38.2 Å². The number of amides is 1. The Bertz CT molecular complexity index is 1230. The molecule has 0 bridgehead atoms. The zero-order valence-electron chi connectivity index (χ0n) is 16.8. The second-order valence-corrected chi connectivity index (χ2v) is 9.32. The molecule has 156 valence electrons. The summed E-state index contributed by atoms with van der Waals surface area (Å²) in [7, 11) is -3.64. The van der Waals surface area contributed by atoms with Gasteiger partial charge in [-0.15, -0.1) is 0 Å². The fraction of sp³-hybridized carbons (Fsp3) is 0.273. The average molecular weight is 425 g/mol. The molecule has 3 aromatic rings. The van der Waals surface area contributed by atoms with Gasteiger partial charge in [0, 0.05) is 29.2 Å². The smallest absolute Gasteiger partial charge is 0.263 e. The molecule has 8 heteroatoms. The van der Waals surface area contributed by atoms with Gasteiger partial charge in [0.25, 0.3) is 10.0 Å². The lowest BCUT2D eigenvalue weighted by Gasteiger charge is -2.17. The molecule has 7 nitrogen and oxygen atoms in total. The van der Waals surface area contributed by atoms with Crippen LogP contribution in [-0.4, -0.2) is 37.7 Å². The Morgan fingerprint density at radius 1 is 1.10 bits per heavy atom. The fourth-order valence-electron chi connectivity index (χ4n) is 3.64. The lowest BCUT2D eigenvalue weighted by molar-refractivity contribution is -0.123. The Labute approximate surface area is 175 Å². The molecule has 0 saturated carbocycles. The summed E-state index contributed by atoms with van der Waals surface area (Å²) in [5.41, 5.74) is 2.70. The second-order valence-electron chi connectivity index (χ2n) is 7.67. The Morgan fingerprint density at radius 3 is 2.63 bits per heavy atom. The number of carbonyl (C=O) groups is 1. The van der Waals surface area contributed by atoms with Gasteiger partial charge < -0.3 is 10.3 Å². The zero-order valence-corrected chi connectivity index (χ0v) is 17.7. The number of aliphatic imine (C=N–C) groups is 1. The van der Waals surface area contributed by atoms with Gasteiger partial charge in [-0.3, -0.25) is 14.5 Å². The largest absolute Gasteiger partial charge is 0.361 e. The number of hydrogen-bond donors (Lipinski definition) is 3. The molecule has 1 aliphatic heterocycles. The number of aromatic amines is 1. The highest BCUT2D eigenvalue weighted by atomic mass is 32.2. The van der Waals surface area contributed by atoms with Gasteiger partial charge in [-0.05, 0) is 36.1 Å². The van der Waals surface area contributed by atoms with Crippen LogP contribution in [0, 0.1) is 5.92 Å². The van der Waals surface area contributed by atoms with Crippen LogP contribution in [0.25, 0.3) is 10.9 Å². The molecule has 0 saturated heterocycles. The van der Waals surface area contributed by atoms with Crippen molar-refractivity contribution in [2.75, 3.05) is 6.54 Å². The van der Waals surface area contributed by atoms with E-state index in [9.17, 15) is 13.2 Å². The molecule has 1 aliphatic rings. The first-order chi connectivity index (χ1) is 14.4. The number of amidine groups is 1. The number of hydrogen-bond acceptors (Lipinski definition) is 4. The summed E-state index contributed by atoms with van der Waals surface area (Å²) >= 11 is 0. The van der Waals surface area contributed by atoms with E-state index in [0.29, 0.717) is 18.5 Å². The van der Waals surface area contributed by atoms with E-state index in [1.54, 1.807) is 18.2 Å². The Kier molecular flexibility index (Phi) is 5.34. The number of para-hydroxylation sites is 1. The molecule has 1 amide bonds. The minimum Gasteiger partial charge on any atom is -0.361 e. The summed E-state index contributed by atoms with van der Waals surface area (Å²) in [6.45, 7) is 4.25. The van der Waals surface area contributed by atoms with Crippen LogP contribution in [0.1, 0.15) is 25.0 Å². The quantitative estimate of drug-likeness (QED) is 0.567. The van der Waals surface area contributed by atoms with Gasteiger partial charge in [-0.1, -0.05) is 44.2 Å². The molecule has 3 N–H and O–H groups in total. The molecule has 0 fully saturated rings. The van der Waals surface area contributed by atoms with Crippen LogP contribution in [0.15, 0.2) is 64.6 Å². The fourth-order valence-corrected chi connectivity index (χ4v) is 4.88. The van der Waals surface area contributed by atoms with E-state index in [1.165, 1.54) is 6.07 Å². The van der Waals surface area contributed by atoms with Gasteiger partial charge in [0.1, 0.15) is 11.9 Å². The molecule has 1 aromatic heterocycles. The summed E-state index contributed by atoms with van der Waals surface area (Å²) in [6.07, 6.45) is 2.65. The van der Waals surface area contributed by atoms with E-state index in [2.05, 4.69) is 26.1 Å². The molecule has 30 heavy (non-hydrogen) atoms. The monoisotopic (exact) mass is 424 g/mol. The number of carbonyl (C=O) groups excluding carboxylic acids is 1. The van der Waals surface area contributed by atoms with Gasteiger partial charge in [-0.2, -0.15) is 0 Å². The summed E-state index contributed by atoms with van der Waals surface area (Å²) in [4.78, 5) is 20.7. The molecule has 4 rings (SSSR count). The van der Waals surface area contributed by atoms with Crippen molar-refractivity contribution in [3.8, 4) is 0 Å². The van der Waals surface area contributed by atoms with Crippen molar-refractivity contribution in [3.63, 3.8) is 0 Å². The molecular formula is C22H24N4O3S. The van der Waals surface area contributed by atoms with Crippen LogP contribution in [0.4, 0.5) is 0 Å². The van der Waals surface area contributed by atoms with Crippen molar-refractivity contribution < 1.29 is 13.2 Å². The highest BCUT2D eigenvalue weighted by Crippen LogP contribution is 2.23. The molecule has 0 radical (unpaired) electrons. The number of fused-ring (bicyclic) bond motifs is 2. The number of nitrogens with zero attached hydrogens (tertiary/aromatic N) is 1. The number of nitrogens with one attached hydrogen (secondary N) is 3. The van der Waals surface area contributed by atoms with Crippen LogP contribution in [0.2, 0.25) is 0 Å². The predicted octanol–water partition coefficient (Wildman–Crippen LogP) is 2.59. The van der Waals surface area contributed by atoms with Crippen molar-refractivity contribution in [2.45, 2.75) is 31.2 Å². The summed E-state index contributed by atoms with van der Waals surface area (Å²) in [6, 6.07) is 14.0. The average Bonchev–Trinajstić information content (AvgIpc) is 3.24. The lowest BCUT2D eigenvalue weighted by atomic mass is 10.0. The number of sulfonamides is 1. The normalized spacial score (nSPS) is 17.1. The van der Waals surface area contributed by atoms with Crippen molar-refractivity contribution in [2.24, 2.45) is 10.9 Å². The maximum Gasteiger partial charge on any atom is 0.263 e. The Morgan fingerprint density at radius 2 is 1.83 bits per heavy atom. The second kappa shape index (κ2) is 7.95.